The molecule has 0 aromatic heterocycles. The lowest BCUT2D eigenvalue weighted by molar-refractivity contribution is -0.131. The molecule has 18 heavy (non-hydrogen) atoms. The largest absolute Gasteiger partial charge is 0.379 e. The van der Waals surface area contributed by atoms with E-state index in [0.29, 0.717) is 17.9 Å². The third kappa shape index (κ3) is 2.68. The van der Waals surface area contributed by atoms with Crippen molar-refractivity contribution in [2.75, 3.05) is 52.5 Å². The summed E-state index contributed by atoms with van der Waals surface area (Å²) >= 11 is 0. The van der Waals surface area contributed by atoms with Gasteiger partial charge in [-0.25, -0.2) is 0 Å². The highest BCUT2D eigenvalue weighted by Crippen LogP contribution is 2.19. The molecule has 1 amide bonds. The Hall–Kier alpha value is -0.650. The van der Waals surface area contributed by atoms with Gasteiger partial charge in [0.2, 0.25) is 5.91 Å². The average Bonchev–Trinajstić information content (AvgIpc) is 2.84. The highest BCUT2D eigenvalue weighted by atomic mass is 16.5. The quantitative estimate of drug-likeness (QED) is 0.738. The van der Waals surface area contributed by atoms with Crippen molar-refractivity contribution in [3.63, 3.8) is 0 Å². The van der Waals surface area contributed by atoms with Crippen LogP contribution in [0.2, 0.25) is 0 Å². The molecule has 0 aliphatic carbocycles. The third-order valence-electron chi connectivity index (χ3n) is 4.41. The number of amides is 1. The van der Waals surface area contributed by atoms with E-state index in [9.17, 15) is 4.79 Å². The Labute approximate surface area is 108 Å². The molecule has 0 radical (unpaired) electrons. The van der Waals surface area contributed by atoms with Crippen molar-refractivity contribution in [3.05, 3.63) is 0 Å². The predicted octanol–water partition coefficient (Wildman–Crippen LogP) is -0.471. The van der Waals surface area contributed by atoms with Gasteiger partial charge in [-0.15, -0.1) is 0 Å². The number of nitrogens with zero attached hydrogens (tertiary/aromatic N) is 2. The van der Waals surface area contributed by atoms with E-state index in [1.807, 2.05) is 0 Å². The Morgan fingerprint density at radius 1 is 1.22 bits per heavy atom. The maximum Gasteiger partial charge on any atom is 0.222 e. The average molecular weight is 253 g/mol. The molecular formula is C13H23N3O2. The normalized spacial score (nSPS) is 30.4. The van der Waals surface area contributed by atoms with Crippen LogP contribution < -0.4 is 5.32 Å². The van der Waals surface area contributed by atoms with Gasteiger partial charge in [-0.1, -0.05) is 0 Å². The molecule has 3 fully saturated rings. The zero-order chi connectivity index (χ0) is 12.4. The Balaban J connectivity index is 1.46. The zero-order valence-electron chi connectivity index (χ0n) is 10.9. The molecule has 1 atom stereocenters. The van der Waals surface area contributed by atoms with E-state index >= 15 is 0 Å². The summed E-state index contributed by atoms with van der Waals surface area (Å²) in [6.45, 7) is 7.66. The number of carbonyl (C=O) groups is 1. The van der Waals surface area contributed by atoms with E-state index in [1.165, 1.54) is 0 Å². The smallest absolute Gasteiger partial charge is 0.222 e. The number of ether oxygens (including phenoxy) is 1. The summed E-state index contributed by atoms with van der Waals surface area (Å²) in [6, 6.07) is 0.567. The van der Waals surface area contributed by atoms with Crippen molar-refractivity contribution in [2.24, 2.45) is 5.92 Å². The number of likely N-dealkylation sites (tertiary alicyclic amines) is 1. The van der Waals surface area contributed by atoms with Crippen molar-refractivity contribution in [1.82, 2.24) is 15.1 Å². The molecule has 1 unspecified atom stereocenters. The summed E-state index contributed by atoms with van der Waals surface area (Å²) in [4.78, 5) is 16.7. The fourth-order valence-corrected chi connectivity index (χ4v) is 3.08. The molecule has 0 aromatic rings. The molecule has 0 aromatic carbocycles. The van der Waals surface area contributed by atoms with Crippen LogP contribution in [-0.4, -0.2) is 74.2 Å². The van der Waals surface area contributed by atoms with E-state index < -0.39 is 0 Å². The van der Waals surface area contributed by atoms with Gasteiger partial charge in [0.1, 0.15) is 0 Å². The predicted molar refractivity (Wildman–Crippen MR) is 68.4 cm³/mol. The van der Waals surface area contributed by atoms with Crippen LogP contribution in [0, 0.1) is 5.92 Å². The van der Waals surface area contributed by atoms with Gasteiger partial charge >= 0.3 is 0 Å². The van der Waals surface area contributed by atoms with Gasteiger partial charge in [-0.2, -0.15) is 0 Å². The minimum absolute atomic E-state index is 0.359. The van der Waals surface area contributed by atoms with Gasteiger partial charge in [0.25, 0.3) is 0 Å². The van der Waals surface area contributed by atoms with Crippen molar-refractivity contribution in [2.45, 2.75) is 18.9 Å². The molecule has 3 aliphatic heterocycles. The van der Waals surface area contributed by atoms with Crippen LogP contribution in [-0.2, 0) is 9.53 Å². The number of hydrogen-bond acceptors (Lipinski definition) is 4. The van der Waals surface area contributed by atoms with Crippen LogP contribution in [0.3, 0.4) is 0 Å². The fourth-order valence-electron chi connectivity index (χ4n) is 3.08. The monoisotopic (exact) mass is 253 g/mol. The van der Waals surface area contributed by atoms with E-state index in [2.05, 4.69) is 15.1 Å². The second-order valence-corrected chi connectivity index (χ2v) is 5.66. The van der Waals surface area contributed by atoms with Crippen molar-refractivity contribution in [1.29, 1.82) is 0 Å². The maximum absolute atomic E-state index is 12.1. The number of nitrogens with one attached hydrogen (secondary N) is 1. The highest BCUT2D eigenvalue weighted by molar-refractivity contribution is 5.77. The maximum atomic E-state index is 12.1. The van der Waals surface area contributed by atoms with Crippen molar-refractivity contribution >= 4 is 5.91 Å². The molecule has 5 nitrogen and oxygen atoms in total. The van der Waals surface area contributed by atoms with Gasteiger partial charge in [0, 0.05) is 38.6 Å². The van der Waals surface area contributed by atoms with Gasteiger partial charge in [-0.05, 0) is 25.4 Å². The fraction of sp³-hybridized carbons (Fsp3) is 0.923. The Morgan fingerprint density at radius 2 is 2.00 bits per heavy atom. The molecule has 0 bridgehead atoms. The molecule has 3 heterocycles. The molecule has 102 valence electrons. The molecular weight excluding hydrogens is 230 g/mol. The van der Waals surface area contributed by atoms with E-state index in [4.69, 9.17) is 4.74 Å². The van der Waals surface area contributed by atoms with Gasteiger partial charge in [0.05, 0.1) is 13.2 Å². The molecule has 3 saturated heterocycles. The second-order valence-electron chi connectivity index (χ2n) is 5.66. The first-order chi connectivity index (χ1) is 8.83. The van der Waals surface area contributed by atoms with Gasteiger partial charge < -0.3 is 15.0 Å². The van der Waals surface area contributed by atoms with Crippen molar-refractivity contribution in [3.8, 4) is 0 Å². The molecule has 3 aliphatic rings. The minimum Gasteiger partial charge on any atom is -0.379 e. The third-order valence-corrected chi connectivity index (χ3v) is 4.41. The van der Waals surface area contributed by atoms with Crippen LogP contribution in [0.15, 0.2) is 0 Å². The van der Waals surface area contributed by atoms with Crippen LogP contribution in [0.4, 0.5) is 0 Å². The first-order valence-electron chi connectivity index (χ1n) is 7.13. The number of rotatable bonds is 3. The molecule has 5 heteroatoms. The topological polar surface area (TPSA) is 44.8 Å². The minimum atomic E-state index is 0.359. The number of morpholine rings is 1. The van der Waals surface area contributed by atoms with E-state index in [1.54, 1.807) is 0 Å². The van der Waals surface area contributed by atoms with Crippen LogP contribution in [0.25, 0.3) is 0 Å². The number of hydrogen-bond donors (Lipinski definition) is 1. The summed E-state index contributed by atoms with van der Waals surface area (Å²) in [6.07, 6.45) is 1.87. The van der Waals surface area contributed by atoms with Crippen LogP contribution in [0.1, 0.15) is 12.8 Å². The first-order valence-corrected chi connectivity index (χ1v) is 7.13. The second kappa shape index (κ2) is 5.55. The lowest BCUT2D eigenvalue weighted by atomic mass is 9.99. The summed E-state index contributed by atoms with van der Waals surface area (Å²) < 4.78 is 5.38. The standard InChI is InChI=1S/C13H23N3O2/c17-13(7-11-8-14-9-11)16-2-1-12(10-16)15-3-5-18-6-4-15/h11-12,14H,1-10H2. The summed E-state index contributed by atoms with van der Waals surface area (Å²) in [5.41, 5.74) is 0. The summed E-state index contributed by atoms with van der Waals surface area (Å²) in [5, 5.41) is 3.22. The van der Waals surface area contributed by atoms with Gasteiger partial charge in [-0.3, -0.25) is 9.69 Å². The molecule has 3 rings (SSSR count). The van der Waals surface area contributed by atoms with E-state index in [-0.39, 0.29) is 0 Å². The summed E-state index contributed by atoms with van der Waals surface area (Å²) in [5.74, 6) is 0.942. The lowest BCUT2D eigenvalue weighted by Gasteiger charge is -2.32. The van der Waals surface area contributed by atoms with Crippen molar-refractivity contribution < 1.29 is 9.53 Å². The summed E-state index contributed by atoms with van der Waals surface area (Å²) in [7, 11) is 0. The Morgan fingerprint density at radius 3 is 2.67 bits per heavy atom. The zero-order valence-corrected chi connectivity index (χ0v) is 10.9. The first kappa shape index (κ1) is 12.4. The van der Waals surface area contributed by atoms with E-state index in [0.717, 1.165) is 65.3 Å². The number of carbonyl (C=O) groups excluding carboxylic acids is 1. The van der Waals surface area contributed by atoms with Gasteiger partial charge in [0.15, 0.2) is 0 Å². The van der Waals surface area contributed by atoms with Crippen LogP contribution >= 0.6 is 0 Å². The SMILES string of the molecule is O=C(CC1CNC1)N1CCC(N2CCOCC2)C1. The molecule has 1 N–H and O–H groups in total. The Kier molecular flexibility index (Phi) is 3.82. The Bertz CT molecular complexity index is 301. The highest BCUT2D eigenvalue weighted by Gasteiger charge is 2.32. The van der Waals surface area contributed by atoms with Crippen LogP contribution in [0.5, 0.6) is 0 Å². The lowest BCUT2D eigenvalue weighted by Crippen LogP contribution is -2.47. The molecule has 0 saturated carbocycles. The molecule has 0 spiro atoms.